The van der Waals surface area contributed by atoms with Crippen molar-refractivity contribution in [1.29, 1.82) is 0 Å². The van der Waals surface area contributed by atoms with Gasteiger partial charge < -0.3 is 20.4 Å². The Bertz CT molecular complexity index is 267. The van der Waals surface area contributed by atoms with E-state index in [9.17, 15) is 19.8 Å². The van der Waals surface area contributed by atoms with Gasteiger partial charge in [0.15, 0.2) is 11.2 Å². The van der Waals surface area contributed by atoms with Crippen LogP contribution < -0.4 is 0 Å². The quantitative estimate of drug-likeness (QED) is 0.390. The molecule has 0 radical (unpaired) electrons. The highest BCUT2D eigenvalue weighted by atomic mass is 35.5. The third-order valence-electron chi connectivity index (χ3n) is 1.89. The second kappa shape index (κ2) is 6.24. The zero-order valence-corrected chi connectivity index (χ0v) is 9.65. The molecule has 2 atom stereocenters. The van der Waals surface area contributed by atoms with Crippen molar-refractivity contribution in [3.8, 4) is 0 Å². The second-order valence-corrected chi connectivity index (χ2v) is 4.24. The number of aliphatic carboxylic acids is 2. The predicted molar refractivity (Wildman–Crippen MR) is 55.6 cm³/mol. The molecule has 0 fully saturated rings. The van der Waals surface area contributed by atoms with Crippen LogP contribution in [0.1, 0.15) is 19.3 Å². The Balaban J connectivity index is 4.09. The molecule has 0 bridgehead atoms. The lowest BCUT2D eigenvalue weighted by molar-refractivity contribution is -0.182. The molecule has 94 valence electrons. The van der Waals surface area contributed by atoms with E-state index in [1.165, 1.54) is 0 Å². The Morgan fingerprint density at radius 3 is 2.00 bits per heavy atom. The molecule has 0 spiro atoms. The van der Waals surface area contributed by atoms with E-state index >= 15 is 0 Å². The molecule has 0 rings (SSSR count). The van der Waals surface area contributed by atoms with Gasteiger partial charge in [-0.2, -0.15) is 0 Å². The van der Waals surface area contributed by atoms with Crippen molar-refractivity contribution in [3.05, 3.63) is 0 Å². The van der Waals surface area contributed by atoms with Gasteiger partial charge in [0.1, 0.15) is 5.38 Å². The molecule has 0 aliphatic carbocycles. The summed E-state index contributed by atoms with van der Waals surface area (Å²) in [5, 5.41) is 32.4. The maximum atomic E-state index is 10.4. The van der Waals surface area contributed by atoms with Crippen LogP contribution >= 0.6 is 23.2 Å². The number of rotatable bonds is 7. The van der Waals surface area contributed by atoms with E-state index in [2.05, 4.69) is 0 Å². The fourth-order valence-corrected chi connectivity index (χ4v) is 1.25. The van der Waals surface area contributed by atoms with Gasteiger partial charge in [0.25, 0.3) is 0 Å². The Hall–Kier alpha value is -0.560. The standard InChI is InChI=1S/C8H12Cl2O6/c9-4(6(11)12)2-1-3-8(15,16)5(10)7(13)14/h4-5,15-16H,1-3H2,(H,11,12)(H,13,14). The van der Waals surface area contributed by atoms with Crippen LogP contribution in [0, 0.1) is 0 Å². The smallest absolute Gasteiger partial charge is 0.327 e. The van der Waals surface area contributed by atoms with Crippen LogP contribution in [-0.2, 0) is 9.59 Å². The van der Waals surface area contributed by atoms with E-state index in [0.29, 0.717) is 0 Å². The van der Waals surface area contributed by atoms with E-state index in [1.54, 1.807) is 0 Å². The molecule has 2 unspecified atom stereocenters. The molecule has 8 heteroatoms. The maximum Gasteiger partial charge on any atom is 0.327 e. The number of alkyl halides is 2. The summed E-state index contributed by atoms with van der Waals surface area (Å²) in [5.74, 6) is -5.36. The lowest BCUT2D eigenvalue weighted by atomic mass is 10.0. The summed E-state index contributed by atoms with van der Waals surface area (Å²) in [6.07, 6.45) is -0.350. The molecule has 0 aromatic carbocycles. The first-order valence-corrected chi connectivity index (χ1v) is 5.24. The molecule has 0 aromatic heterocycles. The summed E-state index contributed by atoms with van der Waals surface area (Å²) in [4.78, 5) is 20.7. The van der Waals surface area contributed by atoms with E-state index < -0.39 is 28.5 Å². The van der Waals surface area contributed by atoms with Gasteiger partial charge in [-0.25, -0.2) is 0 Å². The third-order valence-corrected chi connectivity index (χ3v) is 2.83. The number of carbonyl (C=O) groups is 2. The van der Waals surface area contributed by atoms with Crippen LogP contribution in [-0.4, -0.2) is 48.9 Å². The molecule has 0 saturated carbocycles. The van der Waals surface area contributed by atoms with Gasteiger partial charge in [-0.05, 0) is 12.8 Å². The Morgan fingerprint density at radius 2 is 1.62 bits per heavy atom. The Labute approximate surface area is 101 Å². The topological polar surface area (TPSA) is 115 Å². The molecule has 6 nitrogen and oxygen atoms in total. The van der Waals surface area contributed by atoms with Crippen molar-refractivity contribution < 1.29 is 30.0 Å². The molecular formula is C8H12Cl2O6. The molecule has 0 saturated heterocycles. The Morgan fingerprint density at radius 1 is 1.12 bits per heavy atom. The first kappa shape index (κ1) is 15.4. The van der Waals surface area contributed by atoms with Gasteiger partial charge in [-0.1, -0.05) is 0 Å². The molecule has 0 amide bonds. The minimum absolute atomic E-state index is 0.0109. The SMILES string of the molecule is O=C(O)C(Cl)CCCC(O)(O)C(Cl)C(=O)O. The van der Waals surface area contributed by atoms with Crippen LogP contribution in [0.2, 0.25) is 0 Å². The lowest BCUT2D eigenvalue weighted by Gasteiger charge is -2.24. The van der Waals surface area contributed by atoms with Crippen molar-refractivity contribution in [1.82, 2.24) is 0 Å². The third kappa shape index (κ3) is 4.98. The van der Waals surface area contributed by atoms with E-state index in [-0.39, 0.29) is 19.3 Å². The average molecular weight is 275 g/mol. The first-order valence-electron chi connectivity index (χ1n) is 4.37. The number of halogens is 2. The van der Waals surface area contributed by atoms with Gasteiger partial charge in [-0.3, -0.25) is 9.59 Å². The number of carboxylic acids is 2. The fraction of sp³-hybridized carbons (Fsp3) is 0.750. The van der Waals surface area contributed by atoms with Crippen molar-refractivity contribution in [3.63, 3.8) is 0 Å². The van der Waals surface area contributed by atoms with Gasteiger partial charge in [0, 0.05) is 6.42 Å². The summed E-state index contributed by atoms with van der Waals surface area (Å²) in [5.41, 5.74) is 0. The summed E-state index contributed by atoms with van der Waals surface area (Å²) < 4.78 is 0. The number of hydrogen-bond acceptors (Lipinski definition) is 4. The molecule has 0 aromatic rings. The van der Waals surface area contributed by atoms with E-state index in [0.717, 1.165) is 0 Å². The minimum atomic E-state index is -2.58. The molecule has 0 aliphatic rings. The highest BCUT2D eigenvalue weighted by Crippen LogP contribution is 2.21. The van der Waals surface area contributed by atoms with Crippen molar-refractivity contribution >= 4 is 35.1 Å². The number of aliphatic hydroxyl groups is 2. The minimum Gasteiger partial charge on any atom is -0.480 e. The van der Waals surface area contributed by atoms with Crippen molar-refractivity contribution in [2.75, 3.05) is 0 Å². The van der Waals surface area contributed by atoms with Crippen LogP contribution in [0.15, 0.2) is 0 Å². The van der Waals surface area contributed by atoms with Gasteiger partial charge in [0.2, 0.25) is 0 Å². The van der Waals surface area contributed by atoms with Gasteiger partial charge >= 0.3 is 11.9 Å². The Kier molecular flexibility index (Phi) is 6.02. The zero-order chi connectivity index (χ0) is 12.9. The lowest BCUT2D eigenvalue weighted by Crippen LogP contribution is -2.43. The predicted octanol–water partition coefficient (Wildman–Crippen LogP) is 0.222. The van der Waals surface area contributed by atoms with Gasteiger partial charge in [-0.15, -0.1) is 23.2 Å². The van der Waals surface area contributed by atoms with Crippen LogP contribution in [0.3, 0.4) is 0 Å². The average Bonchev–Trinajstić information content (AvgIpc) is 2.15. The monoisotopic (exact) mass is 274 g/mol. The molecular weight excluding hydrogens is 263 g/mol. The van der Waals surface area contributed by atoms with E-state index in [1.807, 2.05) is 0 Å². The second-order valence-electron chi connectivity index (χ2n) is 3.28. The highest BCUT2D eigenvalue weighted by molar-refractivity contribution is 6.30. The summed E-state index contributed by atoms with van der Waals surface area (Å²) in [6.45, 7) is 0. The highest BCUT2D eigenvalue weighted by Gasteiger charge is 2.38. The van der Waals surface area contributed by atoms with Crippen molar-refractivity contribution in [2.45, 2.75) is 35.8 Å². The van der Waals surface area contributed by atoms with Crippen LogP contribution in [0.4, 0.5) is 0 Å². The molecule has 0 heterocycles. The molecule has 0 aliphatic heterocycles. The van der Waals surface area contributed by atoms with E-state index in [4.69, 9.17) is 33.4 Å². The van der Waals surface area contributed by atoms with Crippen LogP contribution in [0.25, 0.3) is 0 Å². The molecule has 16 heavy (non-hydrogen) atoms. The first-order chi connectivity index (χ1) is 7.18. The number of carboxylic acid groups (broad SMARTS) is 2. The molecule has 4 N–H and O–H groups in total. The largest absolute Gasteiger partial charge is 0.480 e. The number of hydrogen-bond donors (Lipinski definition) is 4. The summed E-state index contributed by atoms with van der Waals surface area (Å²) in [7, 11) is 0. The fourth-order valence-electron chi connectivity index (χ4n) is 0.989. The van der Waals surface area contributed by atoms with Crippen LogP contribution in [0.5, 0.6) is 0 Å². The summed E-state index contributed by atoms with van der Waals surface area (Å²) in [6, 6.07) is 0. The summed E-state index contributed by atoms with van der Waals surface area (Å²) >= 11 is 10.6. The van der Waals surface area contributed by atoms with Crippen molar-refractivity contribution in [2.24, 2.45) is 0 Å². The maximum absolute atomic E-state index is 10.4. The normalized spacial score (nSPS) is 15.5. The zero-order valence-electron chi connectivity index (χ0n) is 8.14. The van der Waals surface area contributed by atoms with Gasteiger partial charge in [0.05, 0.1) is 0 Å².